The second-order valence-electron chi connectivity index (χ2n) is 7.78. The lowest BCUT2D eigenvalue weighted by Gasteiger charge is -2.12. The molecule has 2 amide bonds. The molecule has 0 saturated carbocycles. The number of aromatic nitrogens is 3. The highest BCUT2D eigenvalue weighted by Crippen LogP contribution is 2.30. The van der Waals surface area contributed by atoms with Crippen LogP contribution in [-0.4, -0.2) is 33.1 Å². The third kappa shape index (κ3) is 4.87. The van der Waals surface area contributed by atoms with Crippen LogP contribution in [0.3, 0.4) is 0 Å². The van der Waals surface area contributed by atoms with Crippen LogP contribution >= 0.6 is 0 Å². The van der Waals surface area contributed by atoms with Crippen LogP contribution in [-0.2, 0) is 22.5 Å². The molecule has 0 spiro atoms. The maximum Gasteiger partial charge on any atom is 0.405 e. The number of imidazole rings is 1. The van der Waals surface area contributed by atoms with E-state index < -0.39 is 18.6 Å². The summed E-state index contributed by atoms with van der Waals surface area (Å²) in [5.41, 5.74) is 15.3. The van der Waals surface area contributed by atoms with Gasteiger partial charge in [0.1, 0.15) is 11.3 Å². The molecule has 0 unspecified atom stereocenters. The van der Waals surface area contributed by atoms with E-state index in [-0.39, 0.29) is 0 Å². The predicted molar refractivity (Wildman–Crippen MR) is 128 cm³/mol. The van der Waals surface area contributed by atoms with Gasteiger partial charge in [0.25, 0.3) is 5.91 Å². The van der Waals surface area contributed by atoms with Crippen LogP contribution in [0.2, 0.25) is 0 Å². The van der Waals surface area contributed by atoms with Crippen molar-refractivity contribution in [3.05, 3.63) is 59.9 Å². The zero-order chi connectivity index (χ0) is 23.4. The molecule has 9 nitrogen and oxygen atoms in total. The van der Waals surface area contributed by atoms with E-state index in [2.05, 4.69) is 26.5 Å². The molecule has 2 aromatic carbocycles. The minimum Gasteiger partial charge on any atom is -0.440 e. The Balaban J connectivity index is 1.66. The summed E-state index contributed by atoms with van der Waals surface area (Å²) in [6.07, 6.45) is 1.93. The number of anilines is 2. The number of ether oxygens (including phenoxy) is 1. The van der Waals surface area contributed by atoms with Gasteiger partial charge in [0.2, 0.25) is 0 Å². The molecule has 0 saturated heterocycles. The lowest BCUT2D eigenvalue weighted by atomic mass is 10.1. The monoisotopic (exact) mass is 446 g/mol. The summed E-state index contributed by atoms with van der Waals surface area (Å²) >= 11 is 0. The van der Waals surface area contributed by atoms with Crippen molar-refractivity contribution < 1.29 is 14.3 Å². The van der Waals surface area contributed by atoms with E-state index in [1.54, 1.807) is 12.1 Å². The van der Waals surface area contributed by atoms with Gasteiger partial charge in [0.15, 0.2) is 12.4 Å². The smallest absolute Gasteiger partial charge is 0.405 e. The van der Waals surface area contributed by atoms with Crippen LogP contribution in [0, 0.1) is 0 Å². The van der Waals surface area contributed by atoms with Gasteiger partial charge in [-0.15, -0.1) is 0 Å². The van der Waals surface area contributed by atoms with Gasteiger partial charge < -0.3 is 26.1 Å². The summed E-state index contributed by atoms with van der Waals surface area (Å²) in [5, 5.41) is 3.68. The van der Waals surface area contributed by atoms with Crippen LogP contribution in [0.4, 0.5) is 16.3 Å². The molecule has 0 fully saturated rings. The summed E-state index contributed by atoms with van der Waals surface area (Å²) in [6.45, 7) is 2.32. The molecule has 4 rings (SSSR count). The number of rotatable bonds is 8. The lowest BCUT2D eigenvalue weighted by Crippen LogP contribution is -2.23. The number of hydrogen-bond donors (Lipinski definition) is 3. The first-order valence-electron chi connectivity index (χ1n) is 10.8. The highest BCUT2D eigenvalue weighted by Gasteiger charge is 2.17. The molecule has 0 radical (unpaired) electrons. The molecule has 33 heavy (non-hydrogen) atoms. The van der Waals surface area contributed by atoms with Crippen LogP contribution in [0.1, 0.15) is 31.2 Å². The highest BCUT2D eigenvalue weighted by molar-refractivity contribution is 6.06. The zero-order valence-electron chi connectivity index (χ0n) is 18.4. The number of nitrogens with zero attached hydrogens (tertiary/aromatic N) is 3. The Bertz CT molecular complexity index is 1310. The molecule has 4 aromatic rings. The van der Waals surface area contributed by atoms with E-state index in [0.717, 1.165) is 52.6 Å². The average molecular weight is 447 g/mol. The summed E-state index contributed by atoms with van der Waals surface area (Å²) in [7, 11) is 0. The lowest BCUT2D eigenvalue weighted by molar-refractivity contribution is -0.118. The summed E-state index contributed by atoms with van der Waals surface area (Å²) in [5.74, 6) is 0.938. The second kappa shape index (κ2) is 9.56. The number of para-hydroxylation sites is 1. The number of unbranched alkanes of at least 4 members (excludes halogenated alkanes) is 1. The van der Waals surface area contributed by atoms with Gasteiger partial charge in [-0.1, -0.05) is 43.7 Å². The Labute approximate surface area is 190 Å². The number of hydrogen-bond acceptors (Lipinski definition) is 6. The Hall–Kier alpha value is -4.14. The number of fused-ring (bicyclic) bond motifs is 3. The number of nitrogen functional groups attached to an aromatic ring is 1. The van der Waals surface area contributed by atoms with Crippen LogP contribution < -0.4 is 16.8 Å². The van der Waals surface area contributed by atoms with Crippen LogP contribution in [0.5, 0.6) is 0 Å². The van der Waals surface area contributed by atoms with Crippen LogP contribution in [0.15, 0.2) is 48.5 Å². The number of pyridine rings is 1. The zero-order valence-corrected chi connectivity index (χ0v) is 18.4. The summed E-state index contributed by atoms with van der Waals surface area (Å²) < 4.78 is 6.71. The quantitative estimate of drug-likeness (QED) is 0.378. The first-order valence-corrected chi connectivity index (χ1v) is 10.8. The van der Waals surface area contributed by atoms with Gasteiger partial charge in [0, 0.05) is 24.0 Å². The number of amides is 2. The number of primary amides is 1. The van der Waals surface area contributed by atoms with Gasteiger partial charge in [-0.3, -0.25) is 4.79 Å². The average Bonchev–Trinajstić information content (AvgIpc) is 3.16. The largest absolute Gasteiger partial charge is 0.440 e. The van der Waals surface area contributed by atoms with E-state index in [0.29, 0.717) is 18.1 Å². The molecule has 170 valence electrons. The van der Waals surface area contributed by atoms with Gasteiger partial charge >= 0.3 is 6.09 Å². The van der Waals surface area contributed by atoms with Crippen molar-refractivity contribution in [1.29, 1.82) is 0 Å². The number of aryl methyl sites for hydroxylation is 1. The third-order valence-corrected chi connectivity index (χ3v) is 5.37. The van der Waals surface area contributed by atoms with Crippen molar-refractivity contribution in [2.45, 2.75) is 32.7 Å². The molecule has 2 aromatic heterocycles. The first-order chi connectivity index (χ1) is 16.0. The van der Waals surface area contributed by atoms with Crippen molar-refractivity contribution >= 4 is 45.4 Å². The topological polar surface area (TPSA) is 138 Å². The SMILES string of the molecule is CCCCc1nc2c(N)nc3ccccc3c2n1Cc1ccc(NC(=O)COC(N)=O)cc1. The molecule has 0 aliphatic carbocycles. The minimum atomic E-state index is -0.990. The van der Waals surface area contributed by atoms with Gasteiger partial charge in [0.05, 0.1) is 11.0 Å². The number of nitrogens with one attached hydrogen (secondary N) is 1. The number of carbonyl (C=O) groups excluding carboxylic acids is 2. The standard InChI is InChI=1S/C24H26N6O3/c1-2-3-8-19-29-21-22(17-6-4-5-7-18(17)28-23(21)25)30(19)13-15-9-11-16(12-10-15)27-20(31)14-33-24(26)32/h4-7,9-12H,2-3,8,13-14H2,1H3,(H2,25,28)(H2,26,32)(H,27,31). The molecule has 0 aliphatic rings. The summed E-state index contributed by atoms with van der Waals surface area (Å²) in [4.78, 5) is 31.9. The molecule has 9 heteroatoms. The first kappa shape index (κ1) is 22.1. The summed E-state index contributed by atoms with van der Waals surface area (Å²) in [6, 6.07) is 15.4. The van der Waals surface area contributed by atoms with Gasteiger partial charge in [-0.2, -0.15) is 0 Å². The number of nitrogens with two attached hydrogens (primary N) is 2. The predicted octanol–water partition coefficient (Wildman–Crippen LogP) is 3.59. The van der Waals surface area contributed by atoms with Crippen molar-refractivity contribution in [2.75, 3.05) is 17.7 Å². The van der Waals surface area contributed by atoms with Gasteiger partial charge in [-0.05, 0) is 30.2 Å². The fourth-order valence-corrected chi connectivity index (χ4v) is 3.81. The molecule has 5 N–H and O–H groups in total. The Kier molecular flexibility index (Phi) is 6.39. The van der Waals surface area contributed by atoms with E-state index in [1.807, 2.05) is 36.4 Å². The molecule has 2 heterocycles. The Morgan fingerprint density at radius 3 is 2.58 bits per heavy atom. The molecule has 0 bridgehead atoms. The highest BCUT2D eigenvalue weighted by atomic mass is 16.5. The number of benzene rings is 2. The number of carbonyl (C=O) groups is 2. The molecular weight excluding hydrogens is 420 g/mol. The minimum absolute atomic E-state index is 0.427. The fourth-order valence-electron chi connectivity index (χ4n) is 3.81. The van der Waals surface area contributed by atoms with Crippen molar-refractivity contribution in [3.63, 3.8) is 0 Å². The Morgan fingerprint density at radius 2 is 1.85 bits per heavy atom. The van der Waals surface area contributed by atoms with E-state index in [4.69, 9.17) is 16.5 Å². The van der Waals surface area contributed by atoms with Crippen LogP contribution in [0.25, 0.3) is 21.9 Å². The normalized spacial score (nSPS) is 11.1. The fraction of sp³-hybridized carbons (Fsp3) is 0.250. The molecule has 0 aliphatic heterocycles. The van der Waals surface area contributed by atoms with Gasteiger partial charge in [-0.25, -0.2) is 14.8 Å². The van der Waals surface area contributed by atoms with Crippen molar-refractivity contribution in [3.8, 4) is 0 Å². The maximum atomic E-state index is 11.8. The van der Waals surface area contributed by atoms with Crippen molar-refractivity contribution in [1.82, 2.24) is 14.5 Å². The van der Waals surface area contributed by atoms with E-state index >= 15 is 0 Å². The van der Waals surface area contributed by atoms with Crippen molar-refractivity contribution in [2.24, 2.45) is 5.73 Å². The maximum absolute atomic E-state index is 11.8. The van der Waals surface area contributed by atoms with E-state index in [9.17, 15) is 9.59 Å². The van der Waals surface area contributed by atoms with E-state index in [1.165, 1.54) is 0 Å². The molecular formula is C24H26N6O3. The molecule has 0 atom stereocenters. The Morgan fingerprint density at radius 1 is 1.09 bits per heavy atom. The second-order valence-corrected chi connectivity index (χ2v) is 7.78. The third-order valence-electron chi connectivity index (χ3n) is 5.37.